The van der Waals surface area contributed by atoms with E-state index in [0.29, 0.717) is 5.56 Å². The lowest BCUT2D eigenvalue weighted by Gasteiger charge is -2.17. The third kappa shape index (κ3) is 2.43. The molecular weight excluding hydrogens is 242 g/mol. The maximum atomic E-state index is 12.2. The summed E-state index contributed by atoms with van der Waals surface area (Å²) in [6, 6.07) is 7.18. The number of ketones is 1. The summed E-state index contributed by atoms with van der Waals surface area (Å²) in [5.41, 5.74) is 0.724. The number of nitrogens with zero attached hydrogens (tertiary/aromatic N) is 1. The van der Waals surface area contributed by atoms with E-state index in [1.807, 2.05) is 19.1 Å². The number of carbonyl (C=O) groups excluding carboxylic acids is 3. The molecule has 1 aliphatic heterocycles. The number of hydrogen-bond acceptors (Lipinski definition) is 3. The molecule has 0 aromatic heterocycles. The van der Waals surface area contributed by atoms with E-state index in [0.717, 1.165) is 10.5 Å². The number of carbonyl (C=O) groups is 3. The Hall–Kier alpha value is -1.97. The second kappa shape index (κ2) is 4.61. The summed E-state index contributed by atoms with van der Waals surface area (Å²) in [6.07, 6.45) is 0.173. The highest BCUT2D eigenvalue weighted by Gasteiger charge is 2.45. The zero-order valence-corrected chi connectivity index (χ0v) is 11.4. The second-order valence-electron chi connectivity index (χ2n) is 5.58. The van der Waals surface area contributed by atoms with E-state index in [9.17, 15) is 14.4 Å². The van der Waals surface area contributed by atoms with Gasteiger partial charge in [-0.1, -0.05) is 38.1 Å². The second-order valence-corrected chi connectivity index (χ2v) is 5.58. The lowest BCUT2D eigenvalue weighted by atomic mass is 9.92. The number of aryl methyl sites for hydroxylation is 1. The normalized spacial score (nSPS) is 17.9. The van der Waals surface area contributed by atoms with Crippen molar-refractivity contribution in [1.82, 2.24) is 4.90 Å². The van der Waals surface area contributed by atoms with E-state index in [4.69, 9.17) is 0 Å². The van der Waals surface area contributed by atoms with Crippen LogP contribution < -0.4 is 0 Å². The summed E-state index contributed by atoms with van der Waals surface area (Å²) in [4.78, 5) is 37.1. The van der Waals surface area contributed by atoms with Gasteiger partial charge in [-0.25, -0.2) is 0 Å². The van der Waals surface area contributed by atoms with Crippen LogP contribution in [-0.4, -0.2) is 29.0 Å². The Labute approximate surface area is 112 Å². The van der Waals surface area contributed by atoms with Crippen LogP contribution in [0.2, 0.25) is 0 Å². The fraction of sp³-hybridized carbons (Fsp3) is 0.400. The fourth-order valence-electron chi connectivity index (χ4n) is 2.30. The van der Waals surface area contributed by atoms with Gasteiger partial charge in [-0.15, -0.1) is 0 Å². The van der Waals surface area contributed by atoms with E-state index in [2.05, 4.69) is 0 Å². The van der Waals surface area contributed by atoms with Gasteiger partial charge in [0.15, 0.2) is 5.78 Å². The van der Waals surface area contributed by atoms with Gasteiger partial charge in [-0.05, 0) is 12.5 Å². The zero-order valence-electron chi connectivity index (χ0n) is 11.4. The summed E-state index contributed by atoms with van der Waals surface area (Å²) < 4.78 is 0. The summed E-state index contributed by atoms with van der Waals surface area (Å²) >= 11 is 0. The van der Waals surface area contributed by atoms with Crippen LogP contribution in [0.25, 0.3) is 0 Å². The first-order valence-corrected chi connectivity index (χ1v) is 6.26. The molecule has 0 N–H and O–H groups in total. The van der Waals surface area contributed by atoms with E-state index >= 15 is 0 Å². The molecule has 0 aliphatic carbocycles. The average molecular weight is 259 g/mol. The van der Waals surface area contributed by atoms with Gasteiger partial charge in [-0.3, -0.25) is 19.3 Å². The molecule has 1 heterocycles. The molecule has 0 atom stereocenters. The molecule has 0 spiro atoms. The number of imide groups is 1. The number of rotatable bonds is 3. The molecule has 0 radical (unpaired) electrons. The lowest BCUT2D eigenvalue weighted by Crippen LogP contribution is -2.37. The van der Waals surface area contributed by atoms with Gasteiger partial charge >= 0.3 is 0 Å². The molecule has 0 saturated carbocycles. The summed E-state index contributed by atoms with van der Waals surface area (Å²) in [5, 5.41) is 0. The standard InChI is InChI=1S/C15H17NO3/c1-10-6-4-5-7-11(10)12(17)9-16-13(18)8-15(2,3)14(16)19/h4-7H,8-9H2,1-3H3. The molecule has 1 aromatic rings. The van der Waals surface area contributed by atoms with Crippen LogP contribution in [-0.2, 0) is 9.59 Å². The third-order valence-corrected chi connectivity index (χ3v) is 3.47. The summed E-state index contributed by atoms with van der Waals surface area (Å²) in [6.45, 7) is 5.13. The summed E-state index contributed by atoms with van der Waals surface area (Å²) in [7, 11) is 0. The molecule has 1 aliphatic rings. The van der Waals surface area contributed by atoms with Crippen molar-refractivity contribution in [3.05, 3.63) is 35.4 Å². The molecule has 0 unspecified atom stereocenters. The highest BCUT2D eigenvalue weighted by molar-refractivity contribution is 6.10. The van der Waals surface area contributed by atoms with Gasteiger partial charge in [0.25, 0.3) is 0 Å². The monoisotopic (exact) mass is 259 g/mol. The number of hydrogen-bond donors (Lipinski definition) is 0. The molecule has 19 heavy (non-hydrogen) atoms. The Morgan fingerprint density at radius 2 is 1.89 bits per heavy atom. The molecule has 1 fully saturated rings. The van der Waals surface area contributed by atoms with Crippen molar-refractivity contribution in [1.29, 1.82) is 0 Å². The van der Waals surface area contributed by atoms with Gasteiger partial charge in [0, 0.05) is 12.0 Å². The van der Waals surface area contributed by atoms with Crippen molar-refractivity contribution in [2.75, 3.05) is 6.54 Å². The van der Waals surface area contributed by atoms with Crippen LogP contribution in [0.5, 0.6) is 0 Å². The molecule has 0 bridgehead atoms. The molecule has 2 amide bonds. The average Bonchev–Trinajstić information content (AvgIpc) is 2.52. The number of likely N-dealkylation sites (tertiary alicyclic amines) is 1. The number of benzene rings is 1. The minimum absolute atomic E-state index is 0.161. The van der Waals surface area contributed by atoms with Gasteiger partial charge < -0.3 is 0 Å². The van der Waals surface area contributed by atoms with E-state index in [1.165, 1.54) is 0 Å². The molecule has 1 saturated heterocycles. The Morgan fingerprint density at radius 1 is 1.26 bits per heavy atom. The van der Waals surface area contributed by atoms with Crippen molar-refractivity contribution in [3.63, 3.8) is 0 Å². The predicted octanol–water partition coefficient (Wildman–Crippen LogP) is 1.96. The Kier molecular flexibility index (Phi) is 3.27. The Bertz CT molecular complexity index is 560. The molecule has 100 valence electrons. The van der Waals surface area contributed by atoms with Crippen molar-refractivity contribution in [2.24, 2.45) is 5.41 Å². The highest BCUT2D eigenvalue weighted by Crippen LogP contribution is 2.31. The molecule has 4 nitrogen and oxygen atoms in total. The number of amides is 2. The molecule has 4 heteroatoms. The maximum Gasteiger partial charge on any atom is 0.235 e. The van der Waals surface area contributed by atoms with Crippen molar-refractivity contribution < 1.29 is 14.4 Å². The minimum atomic E-state index is -0.691. The first-order valence-electron chi connectivity index (χ1n) is 6.26. The largest absolute Gasteiger partial charge is 0.292 e. The molecular formula is C15H17NO3. The minimum Gasteiger partial charge on any atom is -0.292 e. The predicted molar refractivity (Wildman–Crippen MR) is 70.6 cm³/mol. The van der Waals surface area contributed by atoms with Crippen molar-refractivity contribution in [3.8, 4) is 0 Å². The quantitative estimate of drug-likeness (QED) is 0.616. The first kappa shape index (κ1) is 13.5. The van der Waals surface area contributed by atoms with Gasteiger partial charge in [0.05, 0.1) is 12.0 Å². The smallest absolute Gasteiger partial charge is 0.235 e. The lowest BCUT2D eigenvalue weighted by molar-refractivity contribution is -0.140. The van der Waals surface area contributed by atoms with Gasteiger partial charge in [-0.2, -0.15) is 0 Å². The Balaban J connectivity index is 2.19. The van der Waals surface area contributed by atoms with Crippen LogP contribution in [0.1, 0.15) is 36.2 Å². The van der Waals surface area contributed by atoms with Crippen molar-refractivity contribution in [2.45, 2.75) is 27.2 Å². The Morgan fingerprint density at radius 3 is 2.42 bits per heavy atom. The van der Waals surface area contributed by atoms with Gasteiger partial charge in [0.2, 0.25) is 11.8 Å². The van der Waals surface area contributed by atoms with E-state index < -0.39 is 5.41 Å². The van der Waals surface area contributed by atoms with Crippen LogP contribution in [0.15, 0.2) is 24.3 Å². The fourth-order valence-corrected chi connectivity index (χ4v) is 2.30. The van der Waals surface area contributed by atoms with E-state index in [1.54, 1.807) is 26.0 Å². The molecule has 2 rings (SSSR count). The number of Topliss-reactive ketones (excluding diaryl/α,β-unsaturated/α-hetero) is 1. The molecule has 1 aromatic carbocycles. The summed E-state index contributed by atoms with van der Waals surface area (Å²) in [5.74, 6) is -0.728. The SMILES string of the molecule is Cc1ccccc1C(=O)CN1C(=O)CC(C)(C)C1=O. The maximum absolute atomic E-state index is 12.2. The van der Waals surface area contributed by atoms with Crippen LogP contribution in [0.3, 0.4) is 0 Å². The van der Waals surface area contributed by atoms with Crippen LogP contribution >= 0.6 is 0 Å². The highest BCUT2D eigenvalue weighted by atomic mass is 16.2. The van der Waals surface area contributed by atoms with Gasteiger partial charge in [0.1, 0.15) is 0 Å². The van der Waals surface area contributed by atoms with Crippen LogP contribution in [0.4, 0.5) is 0 Å². The topological polar surface area (TPSA) is 54.5 Å². The van der Waals surface area contributed by atoms with Crippen LogP contribution in [0, 0.1) is 12.3 Å². The third-order valence-electron chi connectivity index (χ3n) is 3.47. The zero-order chi connectivity index (χ0) is 14.2. The van der Waals surface area contributed by atoms with E-state index in [-0.39, 0.29) is 30.6 Å². The first-order chi connectivity index (χ1) is 8.83. The van der Waals surface area contributed by atoms with Crippen molar-refractivity contribution >= 4 is 17.6 Å².